The van der Waals surface area contributed by atoms with Crippen LogP contribution in [0.25, 0.3) is 0 Å². The first kappa shape index (κ1) is 11.4. The van der Waals surface area contributed by atoms with Crippen molar-refractivity contribution in [3.8, 4) is 0 Å². The molecular formula is C11H10O7. The van der Waals surface area contributed by atoms with E-state index in [2.05, 4.69) is 0 Å². The molecule has 4 atom stereocenters. The molecular weight excluding hydrogens is 244 g/mol. The molecule has 2 fully saturated rings. The first-order chi connectivity index (χ1) is 8.66. The highest BCUT2D eigenvalue weighted by molar-refractivity contribution is 6.09. The van der Waals surface area contributed by atoms with Crippen molar-refractivity contribution in [2.75, 3.05) is 6.61 Å². The number of aliphatic hydroxyl groups is 1. The maximum atomic E-state index is 11.5. The molecule has 2 aliphatic heterocycles. The lowest BCUT2D eigenvalue weighted by atomic mass is 10.1. The number of cyclic esters (lactones) is 1. The van der Waals surface area contributed by atoms with Crippen LogP contribution in [-0.2, 0) is 23.8 Å². The van der Waals surface area contributed by atoms with Gasteiger partial charge in [-0.25, -0.2) is 4.79 Å². The van der Waals surface area contributed by atoms with E-state index in [1.165, 1.54) is 6.26 Å². The van der Waals surface area contributed by atoms with Gasteiger partial charge in [-0.15, -0.1) is 0 Å². The third kappa shape index (κ3) is 1.72. The molecule has 1 aromatic rings. The third-order valence-corrected chi connectivity index (χ3v) is 2.84. The maximum absolute atomic E-state index is 11.5. The number of hydrogen-bond acceptors (Lipinski definition) is 7. The number of ether oxygens (including phenoxy) is 3. The SMILES string of the molecule is O=C1OC(C2COC(c3ccco3)O2)C(=O)C1O. The minimum Gasteiger partial charge on any atom is -0.464 e. The van der Waals surface area contributed by atoms with Crippen molar-refractivity contribution >= 4 is 11.8 Å². The van der Waals surface area contributed by atoms with Gasteiger partial charge < -0.3 is 23.7 Å². The Hall–Kier alpha value is -1.70. The Kier molecular flexibility index (Phi) is 2.66. The zero-order chi connectivity index (χ0) is 12.7. The number of rotatable bonds is 2. The lowest BCUT2D eigenvalue weighted by molar-refractivity contribution is -0.153. The topological polar surface area (TPSA) is 95.2 Å². The van der Waals surface area contributed by atoms with Crippen LogP contribution in [0.1, 0.15) is 12.1 Å². The van der Waals surface area contributed by atoms with Crippen molar-refractivity contribution in [1.29, 1.82) is 0 Å². The standard InChI is InChI=1S/C11H10O7/c12-7-8(13)10(14)18-9(7)6-4-16-11(17-6)5-2-1-3-15-5/h1-3,6,8-9,11,13H,4H2. The van der Waals surface area contributed by atoms with Crippen LogP contribution in [-0.4, -0.2) is 41.8 Å². The number of ketones is 1. The molecule has 0 spiro atoms. The summed E-state index contributed by atoms with van der Waals surface area (Å²) < 4.78 is 20.6. The van der Waals surface area contributed by atoms with Gasteiger partial charge in [-0.05, 0) is 12.1 Å². The first-order valence-corrected chi connectivity index (χ1v) is 5.39. The monoisotopic (exact) mass is 254 g/mol. The molecule has 0 bridgehead atoms. The molecule has 3 rings (SSSR count). The summed E-state index contributed by atoms with van der Waals surface area (Å²) in [6, 6.07) is 3.35. The van der Waals surface area contributed by atoms with E-state index in [-0.39, 0.29) is 6.61 Å². The smallest absolute Gasteiger partial charge is 0.343 e. The number of furan rings is 1. The minimum atomic E-state index is -1.72. The predicted molar refractivity (Wildman–Crippen MR) is 53.2 cm³/mol. The van der Waals surface area contributed by atoms with Crippen molar-refractivity contribution in [1.82, 2.24) is 0 Å². The molecule has 7 nitrogen and oxygen atoms in total. The number of aliphatic hydroxyl groups excluding tert-OH is 1. The molecule has 7 heteroatoms. The Morgan fingerprint density at radius 2 is 2.17 bits per heavy atom. The Morgan fingerprint density at radius 1 is 1.33 bits per heavy atom. The van der Waals surface area contributed by atoms with E-state index in [0.717, 1.165) is 0 Å². The fourth-order valence-electron chi connectivity index (χ4n) is 1.93. The molecule has 2 aliphatic rings. The summed E-state index contributed by atoms with van der Waals surface area (Å²) >= 11 is 0. The van der Waals surface area contributed by atoms with Crippen molar-refractivity contribution < 1.29 is 33.3 Å². The Labute approximate surface area is 101 Å². The Bertz CT molecular complexity index is 466. The average Bonchev–Trinajstić information content (AvgIpc) is 3.05. The van der Waals surface area contributed by atoms with Gasteiger partial charge in [0, 0.05) is 0 Å². The van der Waals surface area contributed by atoms with E-state index in [1.54, 1.807) is 12.1 Å². The van der Waals surface area contributed by atoms with Crippen molar-refractivity contribution in [3.05, 3.63) is 24.2 Å². The number of carbonyl (C=O) groups excluding carboxylic acids is 2. The lowest BCUT2D eigenvalue weighted by Gasteiger charge is -2.14. The van der Waals surface area contributed by atoms with E-state index < -0.39 is 36.4 Å². The van der Waals surface area contributed by atoms with Gasteiger partial charge >= 0.3 is 5.97 Å². The highest BCUT2D eigenvalue weighted by Crippen LogP contribution is 2.31. The molecule has 3 heterocycles. The summed E-state index contributed by atoms with van der Waals surface area (Å²) in [5, 5.41) is 9.21. The van der Waals surface area contributed by atoms with Gasteiger partial charge in [0.15, 0.2) is 11.9 Å². The van der Waals surface area contributed by atoms with Gasteiger partial charge in [0.2, 0.25) is 18.2 Å². The molecule has 2 saturated heterocycles. The first-order valence-electron chi connectivity index (χ1n) is 5.39. The molecule has 0 radical (unpaired) electrons. The Morgan fingerprint density at radius 3 is 2.78 bits per heavy atom. The summed E-state index contributed by atoms with van der Waals surface area (Å²) in [6.07, 6.45) is -2.82. The van der Waals surface area contributed by atoms with Gasteiger partial charge in [-0.3, -0.25) is 4.79 Å². The van der Waals surface area contributed by atoms with E-state index in [0.29, 0.717) is 5.76 Å². The maximum Gasteiger partial charge on any atom is 0.343 e. The lowest BCUT2D eigenvalue weighted by Crippen LogP contribution is -2.36. The van der Waals surface area contributed by atoms with Gasteiger partial charge in [0.05, 0.1) is 12.9 Å². The average molecular weight is 254 g/mol. The molecule has 0 aromatic carbocycles. The molecule has 0 amide bonds. The summed E-state index contributed by atoms with van der Waals surface area (Å²) in [5.41, 5.74) is 0. The summed E-state index contributed by atoms with van der Waals surface area (Å²) in [6.45, 7) is 0.0851. The van der Waals surface area contributed by atoms with Gasteiger partial charge in [-0.1, -0.05) is 0 Å². The second-order valence-electron chi connectivity index (χ2n) is 4.02. The highest BCUT2D eigenvalue weighted by Gasteiger charge is 2.49. The second-order valence-corrected chi connectivity index (χ2v) is 4.02. The minimum absolute atomic E-state index is 0.0851. The zero-order valence-electron chi connectivity index (χ0n) is 9.15. The van der Waals surface area contributed by atoms with E-state index >= 15 is 0 Å². The van der Waals surface area contributed by atoms with Crippen LogP contribution in [0.15, 0.2) is 22.8 Å². The van der Waals surface area contributed by atoms with Gasteiger partial charge in [-0.2, -0.15) is 0 Å². The summed E-state index contributed by atoms with van der Waals surface area (Å²) in [4.78, 5) is 22.6. The molecule has 1 N–H and O–H groups in total. The number of esters is 1. The zero-order valence-corrected chi connectivity index (χ0v) is 9.15. The number of hydrogen-bond donors (Lipinski definition) is 1. The van der Waals surface area contributed by atoms with Crippen molar-refractivity contribution in [2.24, 2.45) is 0 Å². The van der Waals surface area contributed by atoms with E-state index in [1.807, 2.05) is 0 Å². The predicted octanol–water partition coefficient (Wildman–Crippen LogP) is -0.451. The fraction of sp³-hybridized carbons (Fsp3) is 0.455. The molecule has 1 aromatic heterocycles. The molecule has 0 aliphatic carbocycles. The largest absolute Gasteiger partial charge is 0.464 e. The molecule has 0 saturated carbocycles. The second kappa shape index (κ2) is 4.20. The number of Topliss-reactive ketones (excluding diaryl/α,β-unsaturated/α-hetero) is 1. The van der Waals surface area contributed by atoms with Crippen LogP contribution in [0, 0.1) is 0 Å². The van der Waals surface area contributed by atoms with Crippen LogP contribution in [0.5, 0.6) is 0 Å². The van der Waals surface area contributed by atoms with Crippen LogP contribution >= 0.6 is 0 Å². The molecule has 4 unspecified atom stereocenters. The van der Waals surface area contributed by atoms with Crippen LogP contribution < -0.4 is 0 Å². The molecule has 18 heavy (non-hydrogen) atoms. The normalized spacial score (nSPS) is 36.1. The highest BCUT2D eigenvalue weighted by atomic mass is 16.7. The van der Waals surface area contributed by atoms with E-state index in [4.69, 9.17) is 18.6 Å². The third-order valence-electron chi connectivity index (χ3n) is 2.84. The van der Waals surface area contributed by atoms with Gasteiger partial charge in [0.25, 0.3) is 0 Å². The van der Waals surface area contributed by atoms with Crippen LogP contribution in [0.3, 0.4) is 0 Å². The van der Waals surface area contributed by atoms with Crippen LogP contribution in [0.2, 0.25) is 0 Å². The van der Waals surface area contributed by atoms with Crippen molar-refractivity contribution in [3.63, 3.8) is 0 Å². The quantitative estimate of drug-likeness (QED) is 0.564. The summed E-state index contributed by atoms with van der Waals surface area (Å²) in [5.74, 6) is -1.18. The van der Waals surface area contributed by atoms with E-state index in [9.17, 15) is 14.7 Å². The van der Waals surface area contributed by atoms with Crippen LogP contribution in [0.4, 0.5) is 0 Å². The Balaban J connectivity index is 1.70. The summed E-state index contributed by atoms with van der Waals surface area (Å²) in [7, 11) is 0. The van der Waals surface area contributed by atoms with Gasteiger partial charge in [0.1, 0.15) is 6.10 Å². The fourth-order valence-corrected chi connectivity index (χ4v) is 1.93. The number of carbonyl (C=O) groups is 2. The molecule has 96 valence electrons. The van der Waals surface area contributed by atoms with Crippen molar-refractivity contribution in [2.45, 2.75) is 24.6 Å².